The highest BCUT2D eigenvalue weighted by Crippen LogP contribution is 2.44. The van der Waals surface area contributed by atoms with Crippen molar-refractivity contribution in [2.75, 3.05) is 46.8 Å². The van der Waals surface area contributed by atoms with E-state index in [9.17, 15) is 35.7 Å². The first-order valence-corrected chi connectivity index (χ1v) is 22.1. The summed E-state index contributed by atoms with van der Waals surface area (Å²) in [5.74, 6) is -3.00. The van der Waals surface area contributed by atoms with Crippen LogP contribution in [0.2, 0.25) is 10.0 Å². The minimum absolute atomic E-state index is 0.00152. The molecule has 4 aromatic rings. The highest BCUT2D eigenvalue weighted by Gasteiger charge is 2.59. The molecule has 7 N–H and O–H groups in total. The van der Waals surface area contributed by atoms with Crippen molar-refractivity contribution in [1.29, 1.82) is 0 Å². The van der Waals surface area contributed by atoms with Gasteiger partial charge in [-0.25, -0.2) is 0 Å². The van der Waals surface area contributed by atoms with Crippen molar-refractivity contribution in [2.45, 2.75) is 98.3 Å². The lowest BCUT2D eigenvalue weighted by atomic mass is 9.86. The second-order valence-corrected chi connectivity index (χ2v) is 17.5. The van der Waals surface area contributed by atoms with E-state index in [1.165, 1.54) is 13.2 Å². The molecule has 346 valence electrons. The third-order valence-corrected chi connectivity index (χ3v) is 13.1. The summed E-state index contributed by atoms with van der Waals surface area (Å²) in [7, 11) is 1.27. The first-order valence-electron chi connectivity index (χ1n) is 21.3. The molecule has 4 aliphatic rings. The summed E-state index contributed by atoms with van der Waals surface area (Å²) in [6.07, 6.45) is -11.7. The number of ether oxygens (including phenoxy) is 8. The zero-order valence-corrected chi connectivity index (χ0v) is 36.6. The minimum atomic E-state index is -2.31. The molecule has 17 heteroatoms. The van der Waals surface area contributed by atoms with Gasteiger partial charge in [0.25, 0.3) is 0 Å². The van der Waals surface area contributed by atoms with Gasteiger partial charge in [0.1, 0.15) is 72.5 Å². The van der Waals surface area contributed by atoms with Crippen molar-refractivity contribution in [1.82, 2.24) is 0 Å². The number of rotatable bonds is 15. The Morgan fingerprint density at radius 1 is 0.594 bits per heavy atom. The van der Waals surface area contributed by atoms with Crippen molar-refractivity contribution in [3.8, 4) is 11.5 Å². The average molecular weight is 930 g/mol. The van der Waals surface area contributed by atoms with E-state index >= 15 is 0 Å². The molecule has 4 saturated heterocycles. The molecule has 0 aromatic heterocycles. The molecule has 8 rings (SSSR count). The number of methoxy groups -OCH3 is 1. The molecule has 4 aliphatic heterocycles. The van der Waals surface area contributed by atoms with Gasteiger partial charge < -0.3 is 73.6 Å². The van der Waals surface area contributed by atoms with Crippen LogP contribution in [0.4, 0.5) is 0 Å². The quantitative estimate of drug-likeness (QED) is 0.0913. The Morgan fingerprint density at radius 2 is 1.05 bits per heavy atom. The molecular weight excluding hydrogens is 875 g/mol. The van der Waals surface area contributed by atoms with E-state index in [0.29, 0.717) is 71.9 Å². The van der Waals surface area contributed by atoms with E-state index in [0.717, 1.165) is 24.0 Å². The lowest BCUT2D eigenvalue weighted by molar-refractivity contribution is -0.400. The normalized spacial score (nSPS) is 33.0. The average Bonchev–Trinajstić information content (AvgIpc) is 4.03. The molecule has 0 aliphatic carbocycles. The lowest BCUT2D eigenvalue weighted by Crippen LogP contribution is -2.67. The summed E-state index contributed by atoms with van der Waals surface area (Å²) in [4.78, 5) is 0. The number of aliphatic hydroxyl groups is 7. The van der Waals surface area contributed by atoms with Gasteiger partial charge in [-0.15, -0.1) is 0 Å². The smallest absolute Gasteiger partial charge is 0.225 e. The van der Waals surface area contributed by atoms with E-state index in [2.05, 4.69) is 0 Å². The number of halogens is 2. The van der Waals surface area contributed by atoms with Crippen molar-refractivity contribution in [3.63, 3.8) is 0 Å². The first-order chi connectivity index (χ1) is 30.8. The van der Waals surface area contributed by atoms with Gasteiger partial charge in [-0.3, -0.25) is 0 Å². The largest absolute Gasteiger partial charge is 0.488 e. The van der Waals surface area contributed by atoms with Gasteiger partial charge in [-0.2, -0.15) is 0 Å². The minimum Gasteiger partial charge on any atom is -0.488 e. The third kappa shape index (κ3) is 9.67. The molecule has 0 radical (unpaired) electrons. The Labute approximate surface area is 380 Å². The summed E-state index contributed by atoms with van der Waals surface area (Å²) in [6, 6.07) is 24.6. The van der Waals surface area contributed by atoms with Crippen molar-refractivity contribution < 1.29 is 73.6 Å². The predicted molar refractivity (Wildman–Crippen MR) is 230 cm³/mol. The van der Waals surface area contributed by atoms with E-state index in [1.807, 2.05) is 48.5 Å². The maximum absolute atomic E-state index is 11.8. The second-order valence-electron chi connectivity index (χ2n) is 16.7. The Balaban J connectivity index is 1.05. The molecule has 4 fully saturated rings. The van der Waals surface area contributed by atoms with Crippen LogP contribution in [0, 0.1) is 0 Å². The van der Waals surface area contributed by atoms with E-state index < -0.39 is 73.6 Å². The fourth-order valence-electron chi connectivity index (χ4n) is 8.70. The molecule has 12 atom stereocenters. The molecule has 4 aromatic carbocycles. The molecule has 15 nitrogen and oxygen atoms in total. The van der Waals surface area contributed by atoms with Crippen molar-refractivity contribution in [3.05, 3.63) is 128 Å². The van der Waals surface area contributed by atoms with Crippen molar-refractivity contribution in [2.24, 2.45) is 0 Å². The Hall–Kier alpha value is -3.46. The number of aliphatic hydroxyl groups excluding tert-OH is 7. The zero-order valence-electron chi connectivity index (χ0n) is 35.1. The maximum atomic E-state index is 11.8. The standard InChI is InChI=1S/C47H54Cl2O15/c1-57-46(30-6-12-36(48)28(20-30)18-26-2-8-32(9-3-26)61-34-14-16-58-23-34)44(55)43(54)41(52)39(64-46)25-60-47(45(56)42(53)40(51)38(22-50)63-47)31-7-13-37(49)29(21-31)19-27-4-10-33(11-5-27)62-35-15-17-59-24-35/h2-13,20-21,34-35,38-45,50-56H,14-19,22-25H2,1H3/t34?,35?,38-,39-,40-,41-,42+,43+,44-,45-,46?,47?/m1/s1. The fourth-order valence-corrected chi connectivity index (χ4v) is 9.07. The van der Waals surface area contributed by atoms with Gasteiger partial charge in [-0.05, 0) is 83.6 Å². The topological polar surface area (TPSA) is 215 Å². The van der Waals surface area contributed by atoms with E-state index in [4.69, 9.17) is 61.1 Å². The van der Waals surface area contributed by atoms with Gasteiger partial charge in [-0.1, -0.05) is 59.6 Å². The molecule has 0 amide bonds. The van der Waals surface area contributed by atoms with Crippen LogP contribution in [0.5, 0.6) is 11.5 Å². The van der Waals surface area contributed by atoms with Crippen LogP contribution in [-0.2, 0) is 52.8 Å². The van der Waals surface area contributed by atoms with Crippen LogP contribution in [0.3, 0.4) is 0 Å². The Morgan fingerprint density at radius 3 is 1.50 bits per heavy atom. The van der Waals surface area contributed by atoms with Crippen LogP contribution < -0.4 is 9.47 Å². The molecule has 0 saturated carbocycles. The summed E-state index contributed by atoms with van der Waals surface area (Å²) in [5, 5.41) is 79.1. The summed E-state index contributed by atoms with van der Waals surface area (Å²) >= 11 is 13.4. The van der Waals surface area contributed by atoms with Crippen LogP contribution in [0.15, 0.2) is 84.9 Å². The molecule has 4 unspecified atom stereocenters. The lowest BCUT2D eigenvalue weighted by Gasteiger charge is -2.51. The second kappa shape index (κ2) is 20.2. The number of hydrogen-bond donors (Lipinski definition) is 7. The fraction of sp³-hybridized carbons (Fsp3) is 0.489. The molecule has 64 heavy (non-hydrogen) atoms. The van der Waals surface area contributed by atoms with Crippen LogP contribution in [-0.4, -0.2) is 144 Å². The zero-order chi connectivity index (χ0) is 45.2. The monoisotopic (exact) mass is 928 g/mol. The Bertz CT molecular complexity index is 2170. The van der Waals surface area contributed by atoms with E-state index in [1.54, 1.807) is 30.3 Å². The molecule has 4 heterocycles. The van der Waals surface area contributed by atoms with Gasteiger partial charge in [0.05, 0.1) is 39.6 Å². The predicted octanol–water partition coefficient (Wildman–Crippen LogP) is 3.13. The van der Waals surface area contributed by atoms with Gasteiger partial charge >= 0.3 is 0 Å². The number of benzene rings is 4. The summed E-state index contributed by atoms with van der Waals surface area (Å²) < 4.78 is 47.7. The Kier molecular flexibility index (Phi) is 14.8. The molecular formula is C47H54Cl2O15. The summed E-state index contributed by atoms with van der Waals surface area (Å²) in [6.45, 7) is 0.960. The van der Waals surface area contributed by atoms with Gasteiger partial charge in [0, 0.05) is 41.1 Å². The number of hydrogen-bond acceptors (Lipinski definition) is 15. The van der Waals surface area contributed by atoms with Crippen LogP contribution in [0.25, 0.3) is 0 Å². The first kappa shape index (κ1) is 47.0. The highest BCUT2D eigenvalue weighted by atomic mass is 35.5. The van der Waals surface area contributed by atoms with Crippen LogP contribution in [0.1, 0.15) is 46.2 Å². The van der Waals surface area contributed by atoms with Gasteiger partial charge in [0.15, 0.2) is 0 Å². The van der Waals surface area contributed by atoms with Gasteiger partial charge in [0.2, 0.25) is 11.6 Å². The highest BCUT2D eigenvalue weighted by molar-refractivity contribution is 6.31. The maximum Gasteiger partial charge on any atom is 0.225 e. The SMILES string of the molecule is COC1(c2ccc(Cl)c(Cc3ccc(OC4CCOC4)cc3)c2)O[C@H](COC2(c3ccc(Cl)c(Cc4ccc(OC5CCOC5)cc4)c3)O[C@H](CO)[C@@H](O)[C@H](O)[C@H]2O)[C@@H](O)[C@H](O)[C@H]1O. The third-order valence-electron chi connectivity index (χ3n) is 12.4. The van der Waals surface area contributed by atoms with E-state index in [-0.39, 0.29) is 23.3 Å². The summed E-state index contributed by atoms with van der Waals surface area (Å²) in [5.41, 5.74) is 3.38. The molecule has 0 spiro atoms. The van der Waals surface area contributed by atoms with Crippen molar-refractivity contribution >= 4 is 23.2 Å². The molecule has 0 bridgehead atoms. The van der Waals surface area contributed by atoms with Crippen LogP contribution >= 0.6 is 23.2 Å².